The van der Waals surface area contributed by atoms with Crippen molar-refractivity contribution in [2.75, 3.05) is 19.5 Å². The van der Waals surface area contributed by atoms with Crippen molar-refractivity contribution in [3.63, 3.8) is 0 Å². The highest BCUT2D eigenvalue weighted by Gasteiger charge is 2.13. The maximum Gasteiger partial charge on any atom is 0.345 e. The van der Waals surface area contributed by atoms with E-state index in [1.165, 1.54) is 11.3 Å². The van der Waals surface area contributed by atoms with Gasteiger partial charge in [0.15, 0.2) is 5.13 Å². The number of ether oxygens (including phenoxy) is 2. The van der Waals surface area contributed by atoms with Crippen LogP contribution in [-0.2, 0) is 0 Å². The molecule has 2 aromatic heterocycles. The average Bonchev–Trinajstić information content (AvgIpc) is 3.16. The number of thiazole rings is 1. The minimum Gasteiger partial charge on any atom is -0.497 e. The molecule has 8 heteroatoms. The van der Waals surface area contributed by atoms with E-state index in [0.29, 0.717) is 38.5 Å². The topological polar surface area (TPSA) is 73.6 Å². The van der Waals surface area contributed by atoms with E-state index in [1.54, 1.807) is 49.9 Å². The first-order valence-corrected chi connectivity index (χ1v) is 9.51. The molecule has 0 aliphatic carbocycles. The van der Waals surface area contributed by atoms with E-state index in [2.05, 4.69) is 10.3 Å². The van der Waals surface area contributed by atoms with Gasteiger partial charge in [-0.05, 0) is 36.4 Å². The van der Waals surface area contributed by atoms with Gasteiger partial charge in [-0.1, -0.05) is 11.6 Å². The Hall–Kier alpha value is -3.03. The van der Waals surface area contributed by atoms with Crippen molar-refractivity contribution < 1.29 is 13.9 Å². The van der Waals surface area contributed by atoms with Crippen LogP contribution in [0, 0.1) is 0 Å². The monoisotopic (exact) mass is 414 g/mol. The van der Waals surface area contributed by atoms with Crippen molar-refractivity contribution >= 4 is 44.7 Å². The number of benzene rings is 2. The van der Waals surface area contributed by atoms with E-state index in [9.17, 15) is 4.79 Å². The zero-order chi connectivity index (χ0) is 19.7. The van der Waals surface area contributed by atoms with E-state index in [-0.39, 0.29) is 0 Å². The van der Waals surface area contributed by atoms with Gasteiger partial charge < -0.3 is 19.2 Å². The van der Waals surface area contributed by atoms with E-state index in [0.717, 1.165) is 11.1 Å². The first-order valence-electron chi connectivity index (χ1n) is 8.26. The lowest BCUT2D eigenvalue weighted by Gasteiger charge is -2.10. The van der Waals surface area contributed by atoms with Crippen LogP contribution >= 0.6 is 22.9 Å². The number of hydrogen-bond donors (Lipinski definition) is 1. The minimum atomic E-state index is -0.450. The van der Waals surface area contributed by atoms with Gasteiger partial charge in [-0.15, -0.1) is 11.3 Å². The molecule has 0 saturated carbocycles. The SMILES string of the molecule is COc1ccc(Nc2nc(-c3cc4cc(Cl)ccc4oc3=O)cs2)c(OC)c1. The molecular formula is C20H15ClN2O4S. The molecule has 4 aromatic rings. The van der Waals surface area contributed by atoms with Crippen LogP contribution in [0.5, 0.6) is 11.5 Å². The molecule has 0 spiro atoms. The highest BCUT2D eigenvalue weighted by atomic mass is 35.5. The maximum absolute atomic E-state index is 12.4. The van der Waals surface area contributed by atoms with Crippen LogP contribution in [0.2, 0.25) is 5.02 Å². The van der Waals surface area contributed by atoms with Crippen LogP contribution < -0.4 is 20.4 Å². The minimum absolute atomic E-state index is 0.376. The smallest absolute Gasteiger partial charge is 0.345 e. The predicted octanol–water partition coefficient (Wildman–Crippen LogP) is 5.33. The van der Waals surface area contributed by atoms with Gasteiger partial charge in [0.1, 0.15) is 17.1 Å². The number of nitrogens with zero attached hydrogens (tertiary/aromatic N) is 1. The van der Waals surface area contributed by atoms with Gasteiger partial charge in [0, 0.05) is 21.9 Å². The van der Waals surface area contributed by atoms with Gasteiger partial charge in [-0.3, -0.25) is 0 Å². The zero-order valence-corrected chi connectivity index (χ0v) is 16.6. The number of hydrogen-bond acceptors (Lipinski definition) is 7. The Morgan fingerprint density at radius 1 is 1.11 bits per heavy atom. The molecular weight excluding hydrogens is 400 g/mol. The molecule has 0 atom stereocenters. The third-order valence-electron chi connectivity index (χ3n) is 4.12. The number of halogens is 1. The lowest BCUT2D eigenvalue weighted by Crippen LogP contribution is -2.03. The number of nitrogens with one attached hydrogen (secondary N) is 1. The summed E-state index contributed by atoms with van der Waals surface area (Å²) in [5.41, 5.74) is 1.67. The summed E-state index contributed by atoms with van der Waals surface area (Å²) in [6.07, 6.45) is 0. The summed E-state index contributed by atoms with van der Waals surface area (Å²) >= 11 is 7.41. The molecule has 0 saturated heterocycles. The normalized spacial score (nSPS) is 10.8. The Bertz CT molecular complexity index is 1220. The van der Waals surface area contributed by atoms with Crippen molar-refractivity contribution in [1.82, 2.24) is 4.98 Å². The van der Waals surface area contributed by atoms with Crippen LogP contribution in [0.4, 0.5) is 10.8 Å². The van der Waals surface area contributed by atoms with Crippen molar-refractivity contribution in [2.24, 2.45) is 0 Å². The number of anilines is 2. The summed E-state index contributed by atoms with van der Waals surface area (Å²) in [5, 5.41) is 6.92. The molecule has 0 aliphatic rings. The van der Waals surface area contributed by atoms with Crippen molar-refractivity contribution in [2.45, 2.75) is 0 Å². The van der Waals surface area contributed by atoms with Gasteiger partial charge in [-0.25, -0.2) is 9.78 Å². The van der Waals surface area contributed by atoms with E-state index >= 15 is 0 Å². The lowest BCUT2D eigenvalue weighted by atomic mass is 10.1. The summed E-state index contributed by atoms with van der Waals surface area (Å²) in [7, 11) is 3.18. The number of fused-ring (bicyclic) bond motifs is 1. The first-order chi connectivity index (χ1) is 13.6. The predicted molar refractivity (Wildman–Crippen MR) is 111 cm³/mol. The molecule has 0 unspecified atom stereocenters. The molecule has 1 N–H and O–H groups in total. The van der Waals surface area contributed by atoms with Crippen LogP contribution in [0.1, 0.15) is 0 Å². The fraction of sp³-hybridized carbons (Fsp3) is 0.100. The summed E-state index contributed by atoms with van der Waals surface area (Å²) in [5.74, 6) is 1.31. The molecule has 0 aliphatic heterocycles. The Morgan fingerprint density at radius 3 is 2.75 bits per heavy atom. The molecule has 2 aromatic carbocycles. The van der Waals surface area contributed by atoms with E-state index < -0.39 is 5.63 Å². The second kappa shape index (κ2) is 7.53. The van der Waals surface area contributed by atoms with Crippen LogP contribution in [0.3, 0.4) is 0 Å². The molecule has 4 rings (SSSR count). The third kappa shape index (κ3) is 3.54. The van der Waals surface area contributed by atoms with Gasteiger partial charge in [0.25, 0.3) is 0 Å². The van der Waals surface area contributed by atoms with Crippen molar-refractivity contribution in [3.8, 4) is 22.8 Å². The Kier molecular flexibility index (Phi) is 4.93. The quantitative estimate of drug-likeness (QED) is 0.445. The summed E-state index contributed by atoms with van der Waals surface area (Å²) in [6.45, 7) is 0. The van der Waals surface area contributed by atoms with Gasteiger partial charge in [0.2, 0.25) is 0 Å². The fourth-order valence-electron chi connectivity index (χ4n) is 2.74. The van der Waals surface area contributed by atoms with Gasteiger partial charge in [0.05, 0.1) is 31.2 Å². The van der Waals surface area contributed by atoms with Gasteiger partial charge >= 0.3 is 5.63 Å². The van der Waals surface area contributed by atoms with E-state index in [1.807, 2.05) is 12.1 Å². The lowest BCUT2D eigenvalue weighted by molar-refractivity contribution is 0.395. The summed E-state index contributed by atoms with van der Waals surface area (Å²) in [6, 6.07) is 12.3. The van der Waals surface area contributed by atoms with Crippen LogP contribution in [-0.4, -0.2) is 19.2 Å². The highest BCUT2D eigenvalue weighted by molar-refractivity contribution is 7.14. The molecule has 0 amide bonds. The summed E-state index contributed by atoms with van der Waals surface area (Å²) < 4.78 is 16.0. The zero-order valence-electron chi connectivity index (χ0n) is 15.0. The second-order valence-electron chi connectivity index (χ2n) is 5.86. The standard InChI is InChI=1S/C20H15ClN2O4S/c1-25-13-4-5-15(18(9-13)26-2)22-20-23-16(10-28-20)14-8-11-7-12(21)3-6-17(11)27-19(14)24/h3-10H,1-2H3,(H,22,23). The maximum atomic E-state index is 12.4. The Labute approximate surface area is 169 Å². The summed E-state index contributed by atoms with van der Waals surface area (Å²) in [4.78, 5) is 16.9. The molecule has 2 heterocycles. The Morgan fingerprint density at radius 2 is 1.96 bits per heavy atom. The highest BCUT2D eigenvalue weighted by Crippen LogP contribution is 2.33. The van der Waals surface area contributed by atoms with Gasteiger partial charge in [-0.2, -0.15) is 0 Å². The fourth-order valence-corrected chi connectivity index (χ4v) is 3.65. The van der Waals surface area contributed by atoms with Crippen LogP contribution in [0.25, 0.3) is 22.2 Å². The average molecular weight is 415 g/mol. The largest absolute Gasteiger partial charge is 0.497 e. The second-order valence-corrected chi connectivity index (χ2v) is 7.15. The molecule has 6 nitrogen and oxygen atoms in total. The number of rotatable bonds is 5. The molecule has 0 radical (unpaired) electrons. The van der Waals surface area contributed by atoms with Crippen LogP contribution in [0.15, 0.2) is 57.1 Å². The molecule has 28 heavy (non-hydrogen) atoms. The molecule has 0 bridgehead atoms. The first kappa shape index (κ1) is 18.3. The third-order valence-corrected chi connectivity index (χ3v) is 5.12. The van der Waals surface area contributed by atoms with E-state index in [4.69, 9.17) is 25.5 Å². The Balaban J connectivity index is 1.68. The molecule has 142 valence electrons. The molecule has 0 fully saturated rings. The van der Waals surface area contributed by atoms with Crippen molar-refractivity contribution in [3.05, 3.63) is 63.3 Å². The number of aromatic nitrogens is 1. The van der Waals surface area contributed by atoms with Crippen molar-refractivity contribution in [1.29, 1.82) is 0 Å². The number of methoxy groups -OCH3 is 2.